The van der Waals surface area contributed by atoms with Gasteiger partial charge in [0.15, 0.2) is 0 Å². The van der Waals surface area contributed by atoms with Crippen LogP contribution in [0.25, 0.3) is 63.6 Å². The number of hydrogen-bond acceptors (Lipinski definition) is 3. The van der Waals surface area contributed by atoms with Crippen LogP contribution in [0.4, 0.5) is 17.1 Å². The highest BCUT2D eigenvalue weighted by molar-refractivity contribution is 8.00. The van der Waals surface area contributed by atoms with Gasteiger partial charge in [-0.05, 0) is 104 Å². The van der Waals surface area contributed by atoms with Crippen LogP contribution in [-0.2, 0) is 0 Å². The molecule has 11 rings (SSSR count). The van der Waals surface area contributed by atoms with Gasteiger partial charge in [0.1, 0.15) is 0 Å². The molecule has 1 aromatic heterocycles. The number of rotatable bonds is 4. The number of allylic oxidation sites excluding steroid dienone is 3. The predicted octanol–water partition coefficient (Wildman–Crippen LogP) is 14.3. The third kappa shape index (κ3) is 4.62. The van der Waals surface area contributed by atoms with Crippen molar-refractivity contribution >= 4 is 92.7 Å². The molecule has 0 amide bonds. The smallest absolute Gasteiger partial charge is 0.0554 e. The van der Waals surface area contributed by atoms with Crippen molar-refractivity contribution in [3.05, 3.63) is 182 Å². The highest BCUT2D eigenvalue weighted by Crippen LogP contribution is 2.51. The Hall–Kier alpha value is -5.61. The lowest BCUT2D eigenvalue weighted by Crippen LogP contribution is -2.11. The van der Waals surface area contributed by atoms with E-state index in [-0.39, 0.29) is 0 Å². The fourth-order valence-corrected chi connectivity index (χ4v) is 10.8. The minimum absolute atomic E-state index is 0.401. The van der Waals surface area contributed by atoms with Gasteiger partial charge in [0, 0.05) is 47.6 Å². The molecule has 240 valence electrons. The molecule has 9 aromatic rings. The van der Waals surface area contributed by atoms with Gasteiger partial charge >= 0.3 is 0 Å². The standard InChI is InChI=1S/C48H31NS2/c1-2-9-37-31(8-1)16-19-33-20-17-32-18-21-34(28-40(32)47(33)37)30-22-24-35(25-23-30)49(36-26-27-45-41(29-36)38-10-3-5-13-43(38)50-45)42-12-7-15-46-48(42)39-11-4-6-14-44(39)51-46/h1-29,38,43H. The summed E-state index contributed by atoms with van der Waals surface area (Å²) in [5, 5.41) is 10.8. The molecule has 3 heteroatoms. The Kier molecular flexibility index (Phi) is 6.55. The molecule has 51 heavy (non-hydrogen) atoms. The third-order valence-electron chi connectivity index (χ3n) is 10.8. The molecule has 1 aliphatic heterocycles. The van der Waals surface area contributed by atoms with Crippen molar-refractivity contribution in [2.24, 2.45) is 0 Å². The zero-order valence-corrected chi connectivity index (χ0v) is 29.3. The molecule has 0 bridgehead atoms. The minimum Gasteiger partial charge on any atom is -0.310 e. The number of nitrogens with zero attached hydrogens (tertiary/aromatic N) is 1. The Bertz CT molecular complexity index is 2910. The van der Waals surface area contributed by atoms with Crippen LogP contribution in [0.5, 0.6) is 0 Å². The molecule has 2 aliphatic rings. The van der Waals surface area contributed by atoms with Gasteiger partial charge < -0.3 is 4.90 Å². The highest BCUT2D eigenvalue weighted by atomic mass is 32.2. The summed E-state index contributed by atoms with van der Waals surface area (Å²) in [6.07, 6.45) is 9.12. The Morgan fingerprint density at radius 3 is 2.08 bits per heavy atom. The van der Waals surface area contributed by atoms with E-state index in [4.69, 9.17) is 0 Å². The van der Waals surface area contributed by atoms with Crippen molar-refractivity contribution in [1.29, 1.82) is 0 Å². The topological polar surface area (TPSA) is 3.24 Å². The molecule has 1 aliphatic carbocycles. The fourth-order valence-electron chi connectivity index (χ4n) is 8.35. The van der Waals surface area contributed by atoms with E-state index in [0.717, 1.165) is 5.69 Å². The highest BCUT2D eigenvalue weighted by Gasteiger charge is 2.32. The van der Waals surface area contributed by atoms with Gasteiger partial charge in [-0.3, -0.25) is 0 Å². The van der Waals surface area contributed by atoms with Crippen molar-refractivity contribution in [2.75, 3.05) is 4.90 Å². The van der Waals surface area contributed by atoms with Crippen LogP contribution in [-0.4, -0.2) is 5.25 Å². The Labute approximate surface area is 304 Å². The summed E-state index contributed by atoms with van der Waals surface area (Å²) in [5.74, 6) is 0.401. The van der Waals surface area contributed by atoms with Gasteiger partial charge in [0.2, 0.25) is 0 Å². The van der Waals surface area contributed by atoms with Crippen LogP contribution in [0.3, 0.4) is 0 Å². The molecule has 2 atom stereocenters. The SMILES string of the molecule is C1=CC2Sc3ccc(N(c4ccc(-c5ccc6ccc7ccc8ccccc8c7c6c5)cc4)c4cccc5sc6ccccc6c45)cc3C2C=C1. The number of thioether (sulfide) groups is 1. The van der Waals surface area contributed by atoms with Crippen LogP contribution in [0, 0.1) is 0 Å². The van der Waals surface area contributed by atoms with Crippen LogP contribution >= 0.6 is 23.1 Å². The molecule has 1 nitrogen and oxygen atoms in total. The second-order valence-corrected chi connectivity index (χ2v) is 15.9. The first-order chi connectivity index (χ1) is 25.3. The second kappa shape index (κ2) is 11.5. The van der Waals surface area contributed by atoms with E-state index in [1.807, 2.05) is 23.1 Å². The molecule has 2 unspecified atom stereocenters. The van der Waals surface area contributed by atoms with Gasteiger partial charge in [-0.25, -0.2) is 0 Å². The Morgan fingerprint density at radius 1 is 0.471 bits per heavy atom. The lowest BCUT2D eigenvalue weighted by Gasteiger charge is -2.27. The van der Waals surface area contributed by atoms with Crippen molar-refractivity contribution in [2.45, 2.75) is 16.1 Å². The normalized spacial score (nSPS) is 16.4. The summed E-state index contributed by atoms with van der Waals surface area (Å²) >= 11 is 3.86. The van der Waals surface area contributed by atoms with E-state index in [0.29, 0.717) is 11.2 Å². The number of fused-ring (bicyclic) bond motifs is 11. The van der Waals surface area contributed by atoms with Crippen molar-refractivity contribution in [3.8, 4) is 11.1 Å². The van der Waals surface area contributed by atoms with E-state index in [1.54, 1.807) is 0 Å². The molecular weight excluding hydrogens is 655 g/mol. The third-order valence-corrected chi connectivity index (χ3v) is 13.2. The zero-order valence-electron chi connectivity index (χ0n) is 27.7. The average Bonchev–Trinajstić information content (AvgIpc) is 3.76. The van der Waals surface area contributed by atoms with Crippen LogP contribution in [0.1, 0.15) is 11.5 Å². The number of hydrogen-bond donors (Lipinski definition) is 0. The molecule has 8 aromatic carbocycles. The Morgan fingerprint density at radius 2 is 1.18 bits per heavy atom. The van der Waals surface area contributed by atoms with Gasteiger partial charge in [0.25, 0.3) is 0 Å². The van der Waals surface area contributed by atoms with Crippen molar-refractivity contribution in [3.63, 3.8) is 0 Å². The molecule has 0 saturated carbocycles. The molecule has 0 spiro atoms. The van der Waals surface area contributed by atoms with E-state index < -0.39 is 0 Å². The van der Waals surface area contributed by atoms with Crippen LogP contribution < -0.4 is 4.90 Å². The monoisotopic (exact) mass is 685 g/mol. The molecule has 0 N–H and O–H groups in total. The summed E-state index contributed by atoms with van der Waals surface area (Å²) in [6.45, 7) is 0. The molecule has 0 saturated heterocycles. The van der Waals surface area contributed by atoms with E-state index in [2.05, 4.69) is 181 Å². The van der Waals surface area contributed by atoms with E-state index in [9.17, 15) is 0 Å². The van der Waals surface area contributed by atoms with Gasteiger partial charge in [-0.1, -0.05) is 121 Å². The fraction of sp³-hybridized carbons (Fsp3) is 0.0417. The quantitative estimate of drug-likeness (QED) is 0.170. The molecule has 0 radical (unpaired) electrons. The van der Waals surface area contributed by atoms with Crippen LogP contribution in [0.2, 0.25) is 0 Å². The molecule has 0 fully saturated rings. The number of benzene rings is 8. The minimum atomic E-state index is 0.401. The van der Waals surface area contributed by atoms with Gasteiger partial charge in [-0.2, -0.15) is 0 Å². The summed E-state index contributed by atoms with van der Waals surface area (Å²) in [5.41, 5.74) is 7.41. The average molecular weight is 686 g/mol. The van der Waals surface area contributed by atoms with Crippen LogP contribution in [0.15, 0.2) is 181 Å². The first-order valence-corrected chi connectivity index (χ1v) is 19.3. The second-order valence-electron chi connectivity index (χ2n) is 13.6. The maximum absolute atomic E-state index is 2.48. The van der Waals surface area contributed by atoms with Crippen molar-refractivity contribution in [1.82, 2.24) is 0 Å². The maximum atomic E-state index is 2.48. The lowest BCUT2D eigenvalue weighted by atomic mass is 9.92. The van der Waals surface area contributed by atoms with E-state index >= 15 is 0 Å². The summed E-state index contributed by atoms with van der Waals surface area (Å²) in [7, 11) is 0. The summed E-state index contributed by atoms with van der Waals surface area (Å²) < 4.78 is 2.63. The first kappa shape index (κ1) is 29.2. The van der Waals surface area contributed by atoms with Gasteiger partial charge in [0.05, 0.1) is 5.69 Å². The van der Waals surface area contributed by atoms with Crippen molar-refractivity contribution < 1.29 is 0 Å². The molecular formula is C48H31NS2. The zero-order chi connectivity index (χ0) is 33.5. The predicted molar refractivity (Wildman–Crippen MR) is 223 cm³/mol. The summed E-state index contributed by atoms with van der Waals surface area (Å²) in [6, 6.07) is 56.6. The summed E-state index contributed by atoms with van der Waals surface area (Å²) in [4.78, 5) is 3.86. The van der Waals surface area contributed by atoms with E-state index in [1.165, 1.54) is 85.5 Å². The maximum Gasteiger partial charge on any atom is 0.0554 e. The largest absolute Gasteiger partial charge is 0.310 e. The molecule has 2 heterocycles. The number of anilines is 3. The van der Waals surface area contributed by atoms with Gasteiger partial charge in [-0.15, -0.1) is 23.1 Å². The Balaban J connectivity index is 1.07. The first-order valence-electron chi connectivity index (χ1n) is 17.6. The number of thiophene rings is 1. The lowest BCUT2D eigenvalue weighted by molar-refractivity contribution is 0.880.